The summed E-state index contributed by atoms with van der Waals surface area (Å²) in [5, 5.41) is 3.80. The summed E-state index contributed by atoms with van der Waals surface area (Å²) in [4.78, 5) is 5.24. The van der Waals surface area contributed by atoms with Crippen LogP contribution in [0.4, 0.5) is 0 Å². The topological polar surface area (TPSA) is 18.5 Å². The van der Waals surface area contributed by atoms with Gasteiger partial charge in [0.1, 0.15) is 0 Å². The smallest absolute Gasteiger partial charge is 0.00915 e. The molecule has 2 fully saturated rings. The van der Waals surface area contributed by atoms with E-state index in [0.717, 1.165) is 18.0 Å². The van der Waals surface area contributed by atoms with Gasteiger partial charge in [0.05, 0.1) is 0 Å². The van der Waals surface area contributed by atoms with Crippen LogP contribution in [0.5, 0.6) is 0 Å². The molecule has 1 N–H and O–H groups in total. The summed E-state index contributed by atoms with van der Waals surface area (Å²) < 4.78 is 0. The second kappa shape index (κ2) is 7.61. The molecule has 0 spiro atoms. The molecule has 0 saturated carbocycles. The van der Waals surface area contributed by atoms with Crippen LogP contribution in [0.15, 0.2) is 0 Å². The predicted molar refractivity (Wildman–Crippen MR) is 82.6 cm³/mol. The molecule has 1 unspecified atom stereocenters. The van der Waals surface area contributed by atoms with Gasteiger partial charge in [-0.25, -0.2) is 0 Å². The minimum Gasteiger partial charge on any atom is -0.314 e. The van der Waals surface area contributed by atoms with Crippen LogP contribution in [0.2, 0.25) is 0 Å². The van der Waals surface area contributed by atoms with Crippen molar-refractivity contribution >= 4 is 0 Å². The van der Waals surface area contributed by atoms with Gasteiger partial charge < -0.3 is 15.1 Å². The highest BCUT2D eigenvalue weighted by Crippen LogP contribution is 2.14. The summed E-state index contributed by atoms with van der Waals surface area (Å²) >= 11 is 0. The lowest BCUT2D eigenvalue weighted by Gasteiger charge is -2.35. The number of likely N-dealkylation sites (tertiary alicyclic amines) is 2. The number of hydrogen-bond donors (Lipinski definition) is 1. The van der Waals surface area contributed by atoms with Crippen molar-refractivity contribution in [2.75, 3.05) is 39.3 Å². The Kier molecular flexibility index (Phi) is 6.11. The highest BCUT2D eigenvalue weighted by molar-refractivity contribution is 4.80. The van der Waals surface area contributed by atoms with Crippen LogP contribution in [0, 0.1) is 5.92 Å². The van der Waals surface area contributed by atoms with Gasteiger partial charge in [-0.1, -0.05) is 6.92 Å². The average molecular weight is 267 g/mol. The highest BCUT2D eigenvalue weighted by Gasteiger charge is 2.21. The molecule has 2 heterocycles. The van der Waals surface area contributed by atoms with E-state index in [9.17, 15) is 0 Å². The third-order valence-corrected chi connectivity index (χ3v) is 4.78. The molecule has 1 atom stereocenters. The van der Waals surface area contributed by atoms with E-state index in [1.54, 1.807) is 0 Å². The average Bonchev–Trinajstić information content (AvgIpc) is 2.89. The van der Waals surface area contributed by atoms with Crippen LogP contribution in [0.25, 0.3) is 0 Å². The maximum Gasteiger partial charge on any atom is 0.00915 e. The van der Waals surface area contributed by atoms with Gasteiger partial charge >= 0.3 is 0 Å². The van der Waals surface area contributed by atoms with Gasteiger partial charge in [-0.05, 0) is 78.2 Å². The van der Waals surface area contributed by atoms with E-state index in [0.29, 0.717) is 0 Å². The van der Waals surface area contributed by atoms with E-state index in [2.05, 4.69) is 35.9 Å². The van der Waals surface area contributed by atoms with Crippen LogP contribution in [0.3, 0.4) is 0 Å². The maximum atomic E-state index is 3.80. The standard InChI is InChI=1S/C16H33N3/c1-14(2)19-10-6-16(7-11-19)17-12-15(3)13-18-8-4-5-9-18/h14-17H,4-13H2,1-3H3. The SMILES string of the molecule is CC(CNC1CCN(C(C)C)CC1)CN1CCCC1. The number of nitrogens with zero attached hydrogens (tertiary/aromatic N) is 2. The quantitative estimate of drug-likeness (QED) is 0.796. The van der Waals surface area contributed by atoms with E-state index < -0.39 is 0 Å². The second-order valence-corrected chi connectivity index (χ2v) is 6.93. The molecular weight excluding hydrogens is 234 g/mol. The lowest BCUT2D eigenvalue weighted by atomic mass is 10.0. The van der Waals surface area contributed by atoms with Crippen molar-refractivity contribution in [2.24, 2.45) is 5.92 Å². The molecule has 2 saturated heterocycles. The molecule has 0 amide bonds. The minimum atomic E-state index is 0.718. The zero-order valence-corrected chi connectivity index (χ0v) is 13.2. The van der Waals surface area contributed by atoms with Crippen LogP contribution in [0.1, 0.15) is 46.5 Å². The van der Waals surface area contributed by atoms with Crippen LogP contribution >= 0.6 is 0 Å². The van der Waals surface area contributed by atoms with E-state index in [1.807, 2.05) is 0 Å². The Balaban J connectivity index is 1.58. The summed E-state index contributed by atoms with van der Waals surface area (Å²) in [7, 11) is 0. The number of hydrogen-bond acceptors (Lipinski definition) is 3. The van der Waals surface area contributed by atoms with Crippen molar-refractivity contribution in [3.05, 3.63) is 0 Å². The molecule has 3 nitrogen and oxygen atoms in total. The monoisotopic (exact) mass is 267 g/mol. The summed E-state index contributed by atoms with van der Waals surface area (Å²) in [6, 6.07) is 1.48. The molecule has 19 heavy (non-hydrogen) atoms. The molecular formula is C16H33N3. The summed E-state index contributed by atoms with van der Waals surface area (Å²) in [5.74, 6) is 0.793. The first-order valence-corrected chi connectivity index (χ1v) is 8.35. The molecule has 2 rings (SSSR count). The third-order valence-electron chi connectivity index (χ3n) is 4.78. The molecule has 0 radical (unpaired) electrons. The normalized spacial score (nSPS) is 25.3. The van der Waals surface area contributed by atoms with Gasteiger partial charge in [0.2, 0.25) is 0 Å². The van der Waals surface area contributed by atoms with Crippen molar-refractivity contribution in [1.29, 1.82) is 0 Å². The molecule has 2 aliphatic heterocycles. The fraction of sp³-hybridized carbons (Fsp3) is 1.00. The van der Waals surface area contributed by atoms with E-state index in [1.165, 1.54) is 65.0 Å². The molecule has 0 bridgehead atoms. The fourth-order valence-electron chi connectivity index (χ4n) is 3.46. The number of piperidine rings is 1. The van der Waals surface area contributed by atoms with Gasteiger partial charge in [-0.3, -0.25) is 0 Å². The first kappa shape index (κ1) is 15.3. The van der Waals surface area contributed by atoms with Gasteiger partial charge in [0, 0.05) is 18.6 Å². The summed E-state index contributed by atoms with van der Waals surface area (Å²) in [6.45, 7) is 14.7. The Hall–Kier alpha value is -0.120. The minimum absolute atomic E-state index is 0.718. The zero-order chi connectivity index (χ0) is 13.7. The van der Waals surface area contributed by atoms with Crippen LogP contribution in [-0.4, -0.2) is 61.2 Å². The Bertz CT molecular complexity index is 240. The molecule has 0 aliphatic carbocycles. The van der Waals surface area contributed by atoms with Crippen molar-refractivity contribution in [3.63, 3.8) is 0 Å². The second-order valence-electron chi connectivity index (χ2n) is 6.93. The number of rotatable bonds is 6. The van der Waals surface area contributed by atoms with Crippen molar-refractivity contribution < 1.29 is 0 Å². The highest BCUT2D eigenvalue weighted by atomic mass is 15.2. The third kappa shape index (κ3) is 5.05. The molecule has 112 valence electrons. The Labute approximate surface area is 119 Å². The molecule has 0 aromatic rings. The van der Waals surface area contributed by atoms with E-state index in [-0.39, 0.29) is 0 Å². The van der Waals surface area contributed by atoms with Crippen molar-refractivity contribution in [2.45, 2.75) is 58.5 Å². The Morgan fingerprint density at radius 2 is 1.63 bits per heavy atom. The van der Waals surface area contributed by atoms with Crippen molar-refractivity contribution in [1.82, 2.24) is 15.1 Å². The lowest BCUT2D eigenvalue weighted by molar-refractivity contribution is 0.158. The molecule has 3 heteroatoms. The number of nitrogens with one attached hydrogen (secondary N) is 1. The van der Waals surface area contributed by atoms with Gasteiger partial charge in [0.15, 0.2) is 0 Å². The van der Waals surface area contributed by atoms with Gasteiger partial charge in [0.25, 0.3) is 0 Å². The summed E-state index contributed by atoms with van der Waals surface area (Å²) in [5.41, 5.74) is 0. The first-order valence-electron chi connectivity index (χ1n) is 8.35. The van der Waals surface area contributed by atoms with E-state index >= 15 is 0 Å². The van der Waals surface area contributed by atoms with Crippen LogP contribution in [-0.2, 0) is 0 Å². The molecule has 0 aromatic carbocycles. The predicted octanol–water partition coefficient (Wildman–Crippen LogP) is 2.18. The summed E-state index contributed by atoms with van der Waals surface area (Å²) in [6.07, 6.45) is 5.48. The van der Waals surface area contributed by atoms with Crippen LogP contribution < -0.4 is 5.32 Å². The van der Waals surface area contributed by atoms with Gasteiger partial charge in [-0.15, -0.1) is 0 Å². The first-order chi connectivity index (χ1) is 9.15. The Morgan fingerprint density at radius 1 is 1.00 bits per heavy atom. The maximum absolute atomic E-state index is 3.80. The zero-order valence-electron chi connectivity index (χ0n) is 13.2. The van der Waals surface area contributed by atoms with Crippen molar-refractivity contribution in [3.8, 4) is 0 Å². The molecule has 2 aliphatic rings. The fourth-order valence-corrected chi connectivity index (χ4v) is 3.46. The van der Waals surface area contributed by atoms with E-state index in [4.69, 9.17) is 0 Å². The Morgan fingerprint density at radius 3 is 2.21 bits per heavy atom. The lowest BCUT2D eigenvalue weighted by Crippen LogP contribution is -2.46. The molecule has 0 aromatic heterocycles. The van der Waals surface area contributed by atoms with Gasteiger partial charge in [-0.2, -0.15) is 0 Å². The largest absolute Gasteiger partial charge is 0.314 e.